The van der Waals surface area contributed by atoms with E-state index in [-0.39, 0.29) is 30.7 Å². The number of nitrogens with one attached hydrogen (secondary N) is 2. The Morgan fingerprint density at radius 2 is 2.03 bits per heavy atom. The lowest BCUT2D eigenvalue weighted by Gasteiger charge is -2.19. The first-order valence-electron chi connectivity index (χ1n) is 10.3. The highest BCUT2D eigenvalue weighted by Gasteiger charge is 2.31. The van der Waals surface area contributed by atoms with Crippen molar-refractivity contribution in [3.05, 3.63) is 72.9 Å². The lowest BCUT2D eigenvalue weighted by atomic mass is 9.93. The van der Waals surface area contributed by atoms with E-state index in [4.69, 9.17) is 0 Å². The van der Waals surface area contributed by atoms with Gasteiger partial charge in [-0.3, -0.25) is 24.4 Å². The normalized spacial score (nSPS) is 16.2. The minimum absolute atomic E-state index is 0.0108. The quantitative estimate of drug-likeness (QED) is 0.474. The molecule has 160 valence electrons. The molecule has 0 aliphatic carbocycles. The van der Waals surface area contributed by atoms with Crippen LogP contribution in [0.3, 0.4) is 0 Å². The molecular weight excluding hydrogens is 408 g/mol. The summed E-state index contributed by atoms with van der Waals surface area (Å²) in [4.78, 5) is 40.7. The van der Waals surface area contributed by atoms with E-state index in [1.54, 1.807) is 17.2 Å². The number of rotatable bonds is 5. The van der Waals surface area contributed by atoms with Gasteiger partial charge in [-0.05, 0) is 30.7 Å². The fraction of sp³-hybridized carbons (Fsp3) is 0.174. The largest absolute Gasteiger partial charge is 0.324 e. The number of amides is 3. The zero-order valence-electron chi connectivity index (χ0n) is 17.1. The van der Waals surface area contributed by atoms with Crippen molar-refractivity contribution in [2.24, 2.45) is 0 Å². The number of hydrogen-bond donors (Lipinski definition) is 2. The van der Waals surface area contributed by atoms with Gasteiger partial charge in [0.1, 0.15) is 6.54 Å². The van der Waals surface area contributed by atoms with Crippen LogP contribution in [0.1, 0.15) is 24.5 Å². The molecule has 9 heteroatoms. The van der Waals surface area contributed by atoms with E-state index >= 15 is 0 Å². The first-order chi connectivity index (χ1) is 15.6. The van der Waals surface area contributed by atoms with Crippen LogP contribution in [0.15, 0.2) is 67.3 Å². The first kappa shape index (κ1) is 19.7. The zero-order valence-corrected chi connectivity index (χ0v) is 17.1. The average Bonchev–Trinajstić information content (AvgIpc) is 3.43. The van der Waals surface area contributed by atoms with Crippen LogP contribution in [-0.2, 0) is 20.9 Å². The number of anilines is 1. The fourth-order valence-corrected chi connectivity index (χ4v) is 3.98. The van der Waals surface area contributed by atoms with Crippen LogP contribution in [0.25, 0.3) is 16.6 Å². The molecule has 2 aromatic carbocycles. The Morgan fingerprint density at radius 3 is 2.84 bits per heavy atom. The summed E-state index contributed by atoms with van der Waals surface area (Å²) in [6, 6.07) is 14.9. The highest BCUT2D eigenvalue weighted by Crippen LogP contribution is 2.30. The Bertz CT molecular complexity index is 1320. The van der Waals surface area contributed by atoms with Crippen LogP contribution in [-0.4, -0.2) is 37.1 Å². The second-order valence-corrected chi connectivity index (χ2v) is 7.63. The predicted molar refractivity (Wildman–Crippen MR) is 117 cm³/mol. The van der Waals surface area contributed by atoms with Crippen LogP contribution in [0.2, 0.25) is 0 Å². The number of nitrogens with zero attached hydrogens (tertiary/aromatic N) is 4. The van der Waals surface area contributed by atoms with E-state index in [0.29, 0.717) is 17.8 Å². The fourth-order valence-electron chi connectivity index (χ4n) is 3.98. The number of imidazole rings is 1. The number of fused-ring (bicyclic) bond motifs is 1. The summed E-state index contributed by atoms with van der Waals surface area (Å²) in [6.45, 7) is -0.0108. The van der Waals surface area contributed by atoms with Gasteiger partial charge in [-0.15, -0.1) is 0 Å². The third-order valence-corrected chi connectivity index (χ3v) is 5.48. The molecule has 0 saturated carbocycles. The van der Waals surface area contributed by atoms with Crippen molar-refractivity contribution in [2.45, 2.75) is 25.3 Å². The summed E-state index contributed by atoms with van der Waals surface area (Å²) in [5, 5.41) is 10.7. The minimum atomic E-state index is -0.520. The van der Waals surface area contributed by atoms with Crippen molar-refractivity contribution >= 4 is 34.3 Å². The van der Waals surface area contributed by atoms with Crippen molar-refractivity contribution in [2.75, 3.05) is 5.32 Å². The molecule has 1 fully saturated rings. The van der Waals surface area contributed by atoms with Gasteiger partial charge in [-0.25, -0.2) is 4.98 Å². The summed E-state index contributed by atoms with van der Waals surface area (Å²) < 4.78 is 3.45. The molecule has 5 rings (SSSR count). The monoisotopic (exact) mass is 428 g/mol. The Morgan fingerprint density at radius 1 is 1.16 bits per heavy atom. The third kappa shape index (κ3) is 3.76. The summed E-state index contributed by atoms with van der Waals surface area (Å²) in [7, 11) is 0. The number of imide groups is 1. The summed E-state index contributed by atoms with van der Waals surface area (Å²) in [5.74, 6) is -1.38. The molecule has 3 amide bonds. The number of benzene rings is 2. The lowest BCUT2D eigenvalue weighted by Crippen LogP contribution is -2.39. The Kier molecular flexibility index (Phi) is 4.98. The molecule has 1 unspecified atom stereocenters. The van der Waals surface area contributed by atoms with Crippen LogP contribution in [0.5, 0.6) is 0 Å². The van der Waals surface area contributed by atoms with Gasteiger partial charge in [0.25, 0.3) is 0 Å². The number of para-hydroxylation sites is 1. The predicted octanol–water partition coefficient (Wildman–Crippen LogP) is 2.38. The van der Waals surface area contributed by atoms with E-state index in [9.17, 15) is 14.4 Å². The van der Waals surface area contributed by atoms with Crippen LogP contribution in [0, 0.1) is 0 Å². The van der Waals surface area contributed by atoms with Gasteiger partial charge in [0.05, 0.1) is 23.5 Å². The summed E-state index contributed by atoms with van der Waals surface area (Å²) in [6.07, 6.45) is 5.87. The van der Waals surface area contributed by atoms with E-state index in [1.807, 2.05) is 59.3 Å². The van der Waals surface area contributed by atoms with Gasteiger partial charge in [0.2, 0.25) is 17.7 Å². The summed E-state index contributed by atoms with van der Waals surface area (Å²) >= 11 is 0. The molecule has 0 spiro atoms. The Balaban J connectivity index is 1.39. The number of carbonyl (C=O) groups is 3. The van der Waals surface area contributed by atoms with Crippen molar-refractivity contribution in [3.63, 3.8) is 0 Å². The van der Waals surface area contributed by atoms with Gasteiger partial charge < -0.3 is 9.88 Å². The molecule has 0 bridgehead atoms. The van der Waals surface area contributed by atoms with Crippen LogP contribution < -0.4 is 10.6 Å². The van der Waals surface area contributed by atoms with Crippen LogP contribution >= 0.6 is 0 Å². The molecule has 2 N–H and O–H groups in total. The van der Waals surface area contributed by atoms with E-state index < -0.39 is 5.92 Å². The second kappa shape index (κ2) is 8.10. The van der Waals surface area contributed by atoms with Crippen molar-refractivity contribution in [1.82, 2.24) is 24.6 Å². The molecule has 0 radical (unpaired) electrons. The van der Waals surface area contributed by atoms with E-state index in [0.717, 1.165) is 16.6 Å². The highest BCUT2D eigenvalue weighted by atomic mass is 16.2. The smallest absolute Gasteiger partial charge is 0.246 e. The number of carbonyl (C=O) groups excluding carboxylic acids is 3. The van der Waals surface area contributed by atoms with Crippen molar-refractivity contribution < 1.29 is 14.4 Å². The molecule has 2 aromatic heterocycles. The molecule has 3 heterocycles. The van der Waals surface area contributed by atoms with Gasteiger partial charge >= 0.3 is 0 Å². The SMILES string of the molecule is O=C1CCC(c2nn(CC(=O)Nc3cccc(-n4ccnc4)c3)c3ccccc23)C(=O)N1. The van der Waals surface area contributed by atoms with Crippen LogP contribution in [0.4, 0.5) is 5.69 Å². The van der Waals surface area contributed by atoms with Crippen molar-refractivity contribution in [3.8, 4) is 5.69 Å². The molecule has 1 atom stereocenters. The number of hydrogen-bond acceptors (Lipinski definition) is 5. The molecule has 32 heavy (non-hydrogen) atoms. The van der Waals surface area contributed by atoms with Gasteiger partial charge in [-0.2, -0.15) is 5.10 Å². The maximum atomic E-state index is 12.8. The highest BCUT2D eigenvalue weighted by molar-refractivity contribution is 6.02. The molecule has 4 aromatic rings. The molecule has 1 aliphatic rings. The Hall–Kier alpha value is -4.27. The first-order valence-corrected chi connectivity index (χ1v) is 10.3. The third-order valence-electron chi connectivity index (χ3n) is 5.48. The van der Waals surface area contributed by atoms with E-state index in [1.165, 1.54) is 0 Å². The zero-order chi connectivity index (χ0) is 22.1. The molecule has 1 saturated heterocycles. The number of aromatic nitrogens is 4. The van der Waals surface area contributed by atoms with Gasteiger partial charge in [-0.1, -0.05) is 24.3 Å². The van der Waals surface area contributed by atoms with E-state index in [2.05, 4.69) is 20.7 Å². The average molecular weight is 428 g/mol. The van der Waals surface area contributed by atoms with Gasteiger partial charge in [0, 0.05) is 35.6 Å². The lowest BCUT2D eigenvalue weighted by molar-refractivity contribution is -0.134. The standard InChI is InChI=1S/C23H20N6O3/c30-20-9-8-18(23(32)26-20)22-17-6-1-2-7-19(17)29(27-22)13-21(31)25-15-4-3-5-16(12-15)28-11-10-24-14-28/h1-7,10-12,14,18H,8-9,13H2,(H,25,31)(H,26,30,32). The topological polar surface area (TPSA) is 111 Å². The summed E-state index contributed by atoms with van der Waals surface area (Å²) in [5.41, 5.74) is 2.88. The Labute approximate surface area is 183 Å². The number of piperidine rings is 1. The molecular formula is C23H20N6O3. The maximum absolute atomic E-state index is 12.8. The molecule has 1 aliphatic heterocycles. The minimum Gasteiger partial charge on any atom is -0.324 e. The molecule has 9 nitrogen and oxygen atoms in total. The van der Waals surface area contributed by atoms with Gasteiger partial charge in [0.15, 0.2) is 0 Å². The maximum Gasteiger partial charge on any atom is 0.246 e. The second-order valence-electron chi connectivity index (χ2n) is 7.63. The van der Waals surface area contributed by atoms with Crippen molar-refractivity contribution in [1.29, 1.82) is 0 Å².